The average molecular weight is 335 g/mol. The Morgan fingerprint density at radius 3 is 2.79 bits per heavy atom. The first-order valence-corrected chi connectivity index (χ1v) is 7.95. The van der Waals surface area contributed by atoms with Gasteiger partial charge in [-0.15, -0.1) is 0 Å². The van der Waals surface area contributed by atoms with Gasteiger partial charge in [0.1, 0.15) is 5.82 Å². The van der Waals surface area contributed by atoms with Gasteiger partial charge in [0.05, 0.1) is 6.54 Å². The predicted molar refractivity (Wildman–Crippen MR) is 89.2 cm³/mol. The molecule has 3 N–H and O–H groups in total. The minimum Gasteiger partial charge on any atom is -0.357 e. The van der Waals surface area contributed by atoms with E-state index in [1.807, 2.05) is 6.92 Å². The Hall–Kier alpha value is -2.64. The molecule has 7 nitrogen and oxygen atoms in total. The molecule has 8 heteroatoms. The highest BCUT2D eigenvalue weighted by Gasteiger charge is 2.27. The van der Waals surface area contributed by atoms with Gasteiger partial charge in [-0.25, -0.2) is 9.18 Å². The number of nitrogens with one attached hydrogen (secondary N) is 3. The number of rotatable bonds is 7. The van der Waals surface area contributed by atoms with Gasteiger partial charge in [0.25, 0.3) is 0 Å². The summed E-state index contributed by atoms with van der Waals surface area (Å²) in [5.41, 5.74) is 0.622. The van der Waals surface area contributed by atoms with E-state index in [4.69, 9.17) is 0 Å². The number of amides is 3. The molecule has 1 aliphatic rings. The Kier molecular flexibility index (Phi) is 6.53. The van der Waals surface area contributed by atoms with Crippen LogP contribution < -0.4 is 16.0 Å². The van der Waals surface area contributed by atoms with Crippen molar-refractivity contribution >= 4 is 17.9 Å². The van der Waals surface area contributed by atoms with E-state index in [1.165, 1.54) is 6.07 Å². The molecule has 1 aromatic carbocycles. The molecule has 130 valence electrons. The second-order valence-corrected chi connectivity index (χ2v) is 5.23. The van der Waals surface area contributed by atoms with E-state index in [2.05, 4.69) is 20.9 Å². The highest BCUT2D eigenvalue weighted by molar-refractivity contribution is 6.01. The largest absolute Gasteiger partial charge is 0.357 e. The van der Waals surface area contributed by atoms with Gasteiger partial charge < -0.3 is 16.0 Å². The third kappa shape index (κ3) is 4.94. The van der Waals surface area contributed by atoms with E-state index in [9.17, 15) is 14.0 Å². The second kappa shape index (κ2) is 8.85. The van der Waals surface area contributed by atoms with Gasteiger partial charge in [-0.2, -0.15) is 0 Å². The summed E-state index contributed by atoms with van der Waals surface area (Å²) in [6.45, 7) is 3.75. The molecule has 0 bridgehead atoms. The number of hydrogen-bond acceptors (Lipinski definition) is 3. The van der Waals surface area contributed by atoms with Crippen LogP contribution in [0.5, 0.6) is 0 Å². The fraction of sp³-hybridized carbons (Fsp3) is 0.438. The molecule has 1 aromatic rings. The van der Waals surface area contributed by atoms with Gasteiger partial charge in [0.15, 0.2) is 5.96 Å². The van der Waals surface area contributed by atoms with Crippen molar-refractivity contribution < 1.29 is 14.0 Å². The van der Waals surface area contributed by atoms with E-state index in [1.54, 1.807) is 18.2 Å². The number of halogens is 1. The summed E-state index contributed by atoms with van der Waals surface area (Å²) in [5.74, 6) is 0.105. The van der Waals surface area contributed by atoms with Gasteiger partial charge in [0.2, 0.25) is 5.91 Å². The molecule has 1 saturated heterocycles. The zero-order valence-electron chi connectivity index (χ0n) is 13.6. The van der Waals surface area contributed by atoms with Crippen molar-refractivity contribution in [3.05, 3.63) is 35.6 Å². The van der Waals surface area contributed by atoms with Crippen molar-refractivity contribution in [3.8, 4) is 0 Å². The van der Waals surface area contributed by atoms with Crippen LogP contribution in [0.15, 0.2) is 29.3 Å². The Labute approximate surface area is 140 Å². The molecule has 0 atom stereocenters. The number of nitrogens with zero attached hydrogens (tertiary/aromatic N) is 2. The van der Waals surface area contributed by atoms with Crippen LogP contribution >= 0.6 is 0 Å². The molecule has 0 saturated carbocycles. The summed E-state index contributed by atoms with van der Waals surface area (Å²) in [7, 11) is 0. The lowest BCUT2D eigenvalue weighted by Gasteiger charge is -2.15. The smallest absolute Gasteiger partial charge is 0.324 e. The van der Waals surface area contributed by atoms with Gasteiger partial charge in [-0.3, -0.25) is 14.7 Å². The standard InChI is InChI=1S/C16H22FN5O2/c1-2-18-15(19-8-7-12-5-3-4-6-13(12)17)20-9-10-22-14(23)11-21-16(22)24/h3-6H,2,7-11H2,1H3,(H,21,24)(H2,18,19,20). The van der Waals surface area contributed by atoms with E-state index in [0.29, 0.717) is 37.6 Å². The Bertz CT molecular complexity index is 604. The monoisotopic (exact) mass is 335 g/mol. The quantitative estimate of drug-likeness (QED) is 0.384. The van der Waals surface area contributed by atoms with Gasteiger partial charge in [-0.1, -0.05) is 18.2 Å². The first-order chi connectivity index (χ1) is 11.6. The topological polar surface area (TPSA) is 85.8 Å². The van der Waals surface area contributed by atoms with Crippen LogP contribution in [0, 0.1) is 5.82 Å². The maximum atomic E-state index is 13.6. The van der Waals surface area contributed by atoms with Gasteiger partial charge in [-0.05, 0) is 25.0 Å². The van der Waals surface area contributed by atoms with Gasteiger partial charge >= 0.3 is 6.03 Å². The number of guanidine groups is 1. The molecule has 2 rings (SSSR count). The average Bonchev–Trinajstić information content (AvgIpc) is 2.88. The first kappa shape index (κ1) is 17.7. The fourth-order valence-corrected chi connectivity index (χ4v) is 2.30. The lowest BCUT2D eigenvalue weighted by Crippen LogP contribution is -2.43. The molecule has 0 unspecified atom stereocenters. The summed E-state index contributed by atoms with van der Waals surface area (Å²) in [4.78, 5) is 28.5. The fourth-order valence-electron chi connectivity index (χ4n) is 2.30. The Balaban J connectivity index is 1.81. The summed E-state index contributed by atoms with van der Waals surface area (Å²) in [5, 5.41) is 8.60. The number of benzene rings is 1. The highest BCUT2D eigenvalue weighted by Crippen LogP contribution is 2.06. The summed E-state index contributed by atoms with van der Waals surface area (Å²) in [6.07, 6.45) is 0.496. The maximum Gasteiger partial charge on any atom is 0.324 e. The zero-order chi connectivity index (χ0) is 17.4. The molecule has 0 spiro atoms. The van der Waals surface area contributed by atoms with Crippen molar-refractivity contribution in [1.29, 1.82) is 0 Å². The zero-order valence-corrected chi connectivity index (χ0v) is 13.6. The molecular formula is C16H22FN5O2. The van der Waals surface area contributed by atoms with Crippen molar-refractivity contribution in [1.82, 2.24) is 20.9 Å². The lowest BCUT2D eigenvalue weighted by molar-refractivity contribution is -0.124. The molecule has 24 heavy (non-hydrogen) atoms. The van der Waals surface area contributed by atoms with Crippen LogP contribution in [-0.4, -0.2) is 55.5 Å². The highest BCUT2D eigenvalue weighted by atomic mass is 19.1. The van der Waals surface area contributed by atoms with Crippen LogP contribution in [-0.2, 0) is 11.2 Å². The van der Waals surface area contributed by atoms with Crippen LogP contribution in [0.3, 0.4) is 0 Å². The summed E-state index contributed by atoms with van der Waals surface area (Å²) < 4.78 is 13.6. The first-order valence-electron chi connectivity index (χ1n) is 7.95. The van der Waals surface area contributed by atoms with E-state index in [0.717, 1.165) is 4.90 Å². The molecule has 3 amide bonds. The van der Waals surface area contributed by atoms with Crippen molar-refractivity contribution in [3.63, 3.8) is 0 Å². The van der Waals surface area contributed by atoms with Crippen molar-refractivity contribution in [2.45, 2.75) is 13.3 Å². The molecule has 0 aliphatic carbocycles. The minimum atomic E-state index is -0.372. The Morgan fingerprint density at radius 1 is 1.33 bits per heavy atom. The summed E-state index contributed by atoms with van der Waals surface area (Å²) >= 11 is 0. The maximum absolute atomic E-state index is 13.6. The molecule has 1 aliphatic heterocycles. The molecule has 1 heterocycles. The van der Waals surface area contributed by atoms with Crippen LogP contribution in [0.4, 0.5) is 9.18 Å². The number of carbonyl (C=O) groups excluding carboxylic acids is 2. The van der Waals surface area contributed by atoms with E-state index >= 15 is 0 Å². The third-order valence-electron chi connectivity index (χ3n) is 3.52. The SMILES string of the molecule is CCNC(=NCCc1ccccc1F)NCCN1C(=O)CNC1=O. The van der Waals surface area contributed by atoms with E-state index in [-0.39, 0.29) is 30.8 Å². The number of imide groups is 1. The molecular weight excluding hydrogens is 313 g/mol. The van der Waals surface area contributed by atoms with Crippen molar-refractivity contribution in [2.75, 3.05) is 32.7 Å². The van der Waals surface area contributed by atoms with Crippen molar-refractivity contribution in [2.24, 2.45) is 4.99 Å². The lowest BCUT2D eigenvalue weighted by atomic mass is 10.1. The number of urea groups is 1. The second-order valence-electron chi connectivity index (χ2n) is 5.23. The number of carbonyl (C=O) groups is 2. The normalized spacial score (nSPS) is 14.8. The van der Waals surface area contributed by atoms with Crippen LogP contribution in [0.1, 0.15) is 12.5 Å². The molecule has 1 fully saturated rings. The predicted octanol–water partition coefficient (Wildman–Crippen LogP) is 0.475. The van der Waals surface area contributed by atoms with Crippen LogP contribution in [0.2, 0.25) is 0 Å². The Morgan fingerprint density at radius 2 is 2.12 bits per heavy atom. The molecule has 0 radical (unpaired) electrons. The molecule has 0 aromatic heterocycles. The van der Waals surface area contributed by atoms with E-state index < -0.39 is 0 Å². The third-order valence-corrected chi connectivity index (χ3v) is 3.52. The summed E-state index contributed by atoms with van der Waals surface area (Å²) in [6, 6.07) is 6.25. The van der Waals surface area contributed by atoms with Gasteiger partial charge in [0, 0.05) is 26.2 Å². The number of hydrogen-bond donors (Lipinski definition) is 3. The number of aliphatic imine (C=N–C) groups is 1. The minimum absolute atomic E-state index is 0.0512. The van der Waals surface area contributed by atoms with Crippen LogP contribution in [0.25, 0.3) is 0 Å².